The minimum atomic E-state index is -0.165. The van der Waals surface area contributed by atoms with E-state index in [1.807, 2.05) is 55.5 Å². The van der Waals surface area contributed by atoms with Crippen LogP contribution in [0, 0.1) is 6.92 Å². The van der Waals surface area contributed by atoms with Crippen LogP contribution in [-0.2, 0) is 11.3 Å². The number of amides is 1. The maximum atomic E-state index is 11.9. The molecule has 0 saturated carbocycles. The first kappa shape index (κ1) is 18.0. The second-order valence-corrected chi connectivity index (χ2v) is 6.04. The van der Waals surface area contributed by atoms with Crippen molar-refractivity contribution in [3.05, 3.63) is 59.7 Å². The summed E-state index contributed by atoms with van der Waals surface area (Å²) in [6, 6.07) is 16.0. The Morgan fingerprint density at radius 2 is 1.75 bits per heavy atom. The Hall–Kier alpha value is -2.33. The molecule has 128 valence electrons. The van der Waals surface area contributed by atoms with Crippen LogP contribution in [0.5, 0.6) is 5.75 Å². The molecule has 2 aromatic carbocycles. The van der Waals surface area contributed by atoms with E-state index in [9.17, 15) is 4.79 Å². The Morgan fingerprint density at radius 1 is 1.08 bits per heavy atom. The lowest BCUT2D eigenvalue weighted by Gasteiger charge is -2.12. The van der Waals surface area contributed by atoms with Crippen molar-refractivity contribution in [2.45, 2.75) is 39.8 Å². The molecule has 1 unspecified atom stereocenters. The maximum absolute atomic E-state index is 11.9. The molecule has 2 N–H and O–H groups in total. The lowest BCUT2D eigenvalue weighted by atomic mass is 10.2. The number of nitrogens with one attached hydrogen (secondary N) is 2. The van der Waals surface area contributed by atoms with Gasteiger partial charge in [0, 0.05) is 18.3 Å². The molecule has 0 aliphatic carbocycles. The van der Waals surface area contributed by atoms with E-state index >= 15 is 0 Å². The highest BCUT2D eigenvalue weighted by Crippen LogP contribution is 2.13. The normalized spacial score (nSPS) is 11.8. The molecule has 4 nitrogen and oxygen atoms in total. The number of rotatable bonds is 8. The zero-order valence-electron chi connectivity index (χ0n) is 14.6. The zero-order chi connectivity index (χ0) is 17.4. The third-order valence-corrected chi connectivity index (χ3v) is 3.90. The van der Waals surface area contributed by atoms with E-state index in [1.165, 1.54) is 5.56 Å². The number of hydrogen-bond acceptors (Lipinski definition) is 3. The first-order valence-electron chi connectivity index (χ1n) is 8.38. The molecule has 1 amide bonds. The maximum Gasteiger partial charge on any atom is 0.262 e. The van der Waals surface area contributed by atoms with Gasteiger partial charge in [-0.3, -0.25) is 4.79 Å². The topological polar surface area (TPSA) is 50.4 Å². The van der Waals surface area contributed by atoms with Gasteiger partial charge in [-0.25, -0.2) is 0 Å². The number of carbonyl (C=O) groups excluding carboxylic acids is 1. The molecule has 0 radical (unpaired) electrons. The van der Waals surface area contributed by atoms with Crippen molar-refractivity contribution in [2.24, 2.45) is 0 Å². The van der Waals surface area contributed by atoms with Gasteiger partial charge in [-0.15, -0.1) is 0 Å². The molecule has 0 heterocycles. The number of aryl methyl sites for hydroxylation is 1. The van der Waals surface area contributed by atoms with Crippen LogP contribution in [0.4, 0.5) is 5.69 Å². The predicted octanol–water partition coefficient (Wildman–Crippen LogP) is 3.90. The average Bonchev–Trinajstić information content (AvgIpc) is 2.60. The van der Waals surface area contributed by atoms with E-state index in [1.54, 1.807) is 0 Å². The van der Waals surface area contributed by atoms with Crippen LogP contribution >= 0.6 is 0 Å². The number of carbonyl (C=O) groups is 1. The van der Waals surface area contributed by atoms with Crippen LogP contribution < -0.4 is 15.4 Å². The van der Waals surface area contributed by atoms with E-state index < -0.39 is 0 Å². The second-order valence-electron chi connectivity index (χ2n) is 6.04. The van der Waals surface area contributed by atoms with Crippen molar-refractivity contribution >= 4 is 11.6 Å². The fourth-order valence-corrected chi connectivity index (χ4v) is 2.12. The van der Waals surface area contributed by atoms with E-state index in [0.29, 0.717) is 11.8 Å². The molecule has 2 aromatic rings. The van der Waals surface area contributed by atoms with Crippen LogP contribution in [0.2, 0.25) is 0 Å². The van der Waals surface area contributed by atoms with Crippen LogP contribution in [0.1, 0.15) is 31.4 Å². The smallest absolute Gasteiger partial charge is 0.262 e. The SMILES string of the molecule is CCC(C)NCc1ccc(OCC(=O)Nc2ccc(C)cc2)cc1. The van der Waals surface area contributed by atoms with Crippen molar-refractivity contribution < 1.29 is 9.53 Å². The lowest BCUT2D eigenvalue weighted by molar-refractivity contribution is -0.118. The lowest BCUT2D eigenvalue weighted by Crippen LogP contribution is -2.24. The van der Waals surface area contributed by atoms with E-state index in [-0.39, 0.29) is 12.5 Å². The second kappa shape index (κ2) is 9.08. The van der Waals surface area contributed by atoms with Crippen LogP contribution in [0.15, 0.2) is 48.5 Å². The molecule has 4 heteroatoms. The number of ether oxygens (including phenoxy) is 1. The summed E-state index contributed by atoms with van der Waals surface area (Å²) in [5, 5.41) is 6.26. The summed E-state index contributed by atoms with van der Waals surface area (Å²) < 4.78 is 5.53. The number of benzene rings is 2. The molecule has 0 spiro atoms. The fraction of sp³-hybridized carbons (Fsp3) is 0.350. The summed E-state index contributed by atoms with van der Waals surface area (Å²) >= 11 is 0. The monoisotopic (exact) mass is 326 g/mol. The van der Waals surface area contributed by atoms with Crippen molar-refractivity contribution in [2.75, 3.05) is 11.9 Å². The fourth-order valence-electron chi connectivity index (χ4n) is 2.12. The van der Waals surface area contributed by atoms with Gasteiger partial charge in [0.15, 0.2) is 6.61 Å². The number of hydrogen-bond donors (Lipinski definition) is 2. The Balaban J connectivity index is 1.77. The Labute approximate surface area is 144 Å². The highest BCUT2D eigenvalue weighted by atomic mass is 16.5. The third kappa shape index (κ3) is 6.05. The van der Waals surface area contributed by atoms with Crippen molar-refractivity contribution in [1.82, 2.24) is 5.32 Å². The largest absolute Gasteiger partial charge is 0.484 e. The van der Waals surface area contributed by atoms with Gasteiger partial charge in [0.1, 0.15) is 5.75 Å². The average molecular weight is 326 g/mol. The zero-order valence-corrected chi connectivity index (χ0v) is 14.6. The highest BCUT2D eigenvalue weighted by Gasteiger charge is 2.04. The van der Waals surface area contributed by atoms with Crippen molar-refractivity contribution in [3.8, 4) is 5.75 Å². The molecular formula is C20H26N2O2. The van der Waals surface area contributed by atoms with Gasteiger partial charge >= 0.3 is 0 Å². The summed E-state index contributed by atoms with van der Waals surface area (Å²) in [7, 11) is 0. The molecule has 0 saturated heterocycles. The Morgan fingerprint density at radius 3 is 2.38 bits per heavy atom. The highest BCUT2D eigenvalue weighted by molar-refractivity contribution is 5.91. The predicted molar refractivity (Wildman–Crippen MR) is 98.3 cm³/mol. The van der Waals surface area contributed by atoms with Crippen molar-refractivity contribution in [3.63, 3.8) is 0 Å². The Bertz CT molecular complexity index is 636. The third-order valence-electron chi connectivity index (χ3n) is 3.90. The molecular weight excluding hydrogens is 300 g/mol. The minimum Gasteiger partial charge on any atom is -0.484 e. The quantitative estimate of drug-likeness (QED) is 0.773. The van der Waals surface area contributed by atoms with Crippen molar-refractivity contribution in [1.29, 1.82) is 0 Å². The van der Waals surface area contributed by atoms with Gasteiger partial charge in [-0.05, 0) is 50.1 Å². The standard InChI is InChI=1S/C20H26N2O2/c1-4-16(3)21-13-17-7-11-19(12-8-17)24-14-20(23)22-18-9-5-15(2)6-10-18/h5-12,16,21H,4,13-14H2,1-3H3,(H,22,23). The molecule has 24 heavy (non-hydrogen) atoms. The van der Waals surface area contributed by atoms with Crippen LogP contribution in [0.25, 0.3) is 0 Å². The molecule has 0 bridgehead atoms. The van der Waals surface area contributed by atoms with Gasteiger partial charge in [0.05, 0.1) is 0 Å². The summed E-state index contributed by atoms with van der Waals surface area (Å²) in [6.07, 6.45) is 1.11. The van der Waals surface area contributed by atoms with E-state index in [2.05, 4.69) is 24.5 Å². The minimum absolute atomic E-state index is 0.00164. The van der Waals surface area contributed by atoms with Crippen LogP contribution in [0.3, 0.4) is 0 Å². The van der Waals surface area contributed by atoms with Gasteiger partial charge in [0.2, 0.25) is 0 Å². The molecule has 0 aliphatic rings. The number of anilines is 1. The molecule has 0 aromatic heterocycles. The summed E-state index contributed by atoms with van der Waals surface area (Å²) in [5.41, 5.74) is 3.14. The van der Waals surface area contributed by atoms with Gasteiger partial charge in [-0.1, -0.05) is 36.8 Å². The first-order chi connectivity index (χ1) is 11.6. The molecule has 2 rings (SSSR count). The molecule has 1 atom stereocenters. The molecule has 0 fully saturated rings. The summed E-state index contributed by atoms with van der Waals surface area (Å²) in [6.45, 7) is 7.18. The first-order valence-corrected chi connectivity index (χ1v) is 8.38. The van der Waals surface area contributed by atoms with E-state index in [0.717, 1.165) is 24.2 Å². The van der Waals surface area contributed by atoms with E-state index in [4.69, 9.17) is 4.74 Å². The Kier molecular flexibility index (Phi) is 6.82. The van der Waals surface area contributed by atoms with Gasteiger partial charge < -0.3 is 15.4 Å². The molecule has 0 aliphatic heterocycles. The van der Waals surface area contributed by atoms with Gasteiger partial charge in [0.25, 0.3) is 5.91 Å². The summed E-state index contributed by atoms with van der Waals surface area (Å²) in [4.78, 5) is 11.9. The summed E-state index contributed by atoms with van der Waals surface area (Å²) in [5.74, 6) is 0.530. The van der Waals surface area contributed by atoms with Gasteiger partial charge in [-0.2, -0.15) is 0 Å². The van der Waals surface area contributed by atoms with Crippen LogP contribution in [-0.4, -0.2) is 18.6 Å².